The van der Waals surface area contributed by atoms with Crippen LogP contribution in [0.2, 0.25) is 0 Å². The van der Waals surface area contributed by atoms with Crippen molar-refractivity contribution in [2.45, 2.75) is 30.2 Å². The lowest BCUT2D eigenvalue weighted by Gasteiger charge is -2.12. The highest BCUT2D eigenvalue weighted by atomic mass is 32.2. The lowest BCUT2D eigenvalue weighted by atomic mass is 10.1. The molecule has 0 radical (unpaired) electrons. The molecule has 1 heterocycles. The molecule has 1 saturated heterocycles. The van der Waals surface area contributed by atoms with Gasteiger partial charge in [0.2, 0.25) is 10.0 Å². The van der Waals surface area contributed by atoms with Gasteiger partial charge in [-0.15, -0.1) is 0 Å². The summed E-state index contributed by atoms with van der Waals surface area (Å²) in [5, 5.41) is 8.76. The maximum absolute atomic E-state index is 12.2. The Morgan fingerprint density at radius 2 is 2.05 bits per heavy atom. The molecule has 0 aromatic heterocycles. The maximum atomic E-state index is 12.2. The molecule has 0 aliphatic carbocycles. The molecule has 1 fully saturated rings. The summed E-state index contributed by atoms with van der Waals surface area (Å²) < 4.78 is 27.1. The van der Waals surface area contributed by atoms with Crippen molar-refractivity contribution in [1.29, 1.82) is 0 Å². The van der Waals surface area contributed by atoms with Crippen LogP contribution in [0.4, 0.5) is 0 Å². The predicted molar refractivity (Wildman–Crippen MR) is 77.9 cm³/mol. The number of aliphatic hydroxyl groups is 1. The number of aryl methyl sites for hydroxylation is 1. The molecule has 1 aliphatic rings. The molecular weight excluding hydrogens is 282 g/mol. The minimum absolute atomic E-state index is 0.0593. The minimum atomic E-state index is -3.39. The first kappa shape index (κ1) is 14.8. The van der Waals surface area contributed by atoms with Crippen LogP contribution in [-0.2, 0) is 16.4 Å². The van der Waals surface area contributed by atoms with Gasteiger partial charge in [-0.3, -0.25) is 0 Å². The smallest absolute Gasteiger partial charge is 0.240 e. The van der Waals surface area contributed by atoms with Gasteiger partial charge in [0.05, 0.1) is 4.90 Å². The van der Waals surface area contributed by atoms with Gasteiger partial charge in [-0.25, -0.2) is 13.1 Å². The first-order valence-corrected chi connectivity index (χ1v) is 9.05. The van der Waals surface area contributed by atoms with Gasteiger partial charge in [0.15, 0.2) is 0 Å². The normalized spacial score (nSPS) is 19.7. The highest BCUT2D eigenvalue weighted by Gasteiger charge is 2.22. The number of hydrogen-bond acceptors (Lipinski definition) is 4. The largest absolute Gasteiger partial charge is 0.396 e. The van der Waals surface area contributed by atoms with Gasteiger partial charge in [-0.2, -0.15) is 11.8 Å². The van der Waals surface area contributed by atoms with E-state index in [1.807, 2.05) is 12.1 Å². The van der Waals surface area contributed by atoms with Crippen molar-refractivity contribution in [2.75, 3.05) is 18.1 Å². The Labute approximate surface area is 118 Å². The van der Waals surface area contributed by atoms with Gasteiger partial charge in [-0.1, -0.05) is 12.1 Å². The zero-order valence-electron chi connectivity index (χ0n) is 10.7. The summed E-state index contributed by atoms with van der Waals surface area (Å²) in [6.45, 7) is 0.154. The number of nitrogens with one attached hydrogen (secondary N) is 1. The van der Waals surface area contributed by atoms with Crippen LogP contribution in [0.5, 0.6) is 0 Å². The van der Waals surface area contributed by atoms with Gasteiger partial charge < -0.3 is 5.11 Å². The van der Waals surface area contributed by atoms with Crippen LogP contribution in [0.15, 0.2) is 29.2 Å². The van der Waals surface area contributed by atoms with Crippen LogP contribution in [0.25, 0.3) is 0 Å². The highest BCUT2D eigenvalue weighted by Crippen LogP contribution is 2.20. The van der Waals surface area contributed by atoms with Gasteiger partial charge in [-0.05, 0) is 42.7 Å². The number of rotatable bonds is 6. The summed E-state index contributed by atoms with van der Waals surface area (Å²) in [4.78, 5) is 0.317. The molecule has 106 valence electrons. The molecule has 1 aliphatic heterocycles. The molecule has 0 spiro atoms. The zero-order valence-corrected chi connectivity index (χ0v) is 12.3. The van der Waals surface area contributed by atoms with Gasteiger partial charge in [0.25, 0.3) is 0 Å². The Kier molecular flexibility index (Phi) is 5.27. The summed E-state index contributed by atoms with van der Waals surface area (Å²) in [7, 11) is -3.39. The molecule has 4 nitrogen and oxygen atoms in total. The zero-order chi connectivity index (χ0) is 13.7. The van der Waals surface area contributed by atoms with Crippen LogP contribution in [-0.4, -0.2) is 37.7 Å². The van der Waals surface area contributed by atoms with E-state index in [1.165, 1.54) is 0 Å². The Balaban J connectivity index is 2.03. The van der Waals surface area contributed by atoms with E-state index in [2.05, 4.69) is 4.72 Å². The van der Waals surface area contributed by atoms with Crippen LogP contribution >= 0.6 is 11.8 Å². The lowest BCUT2D eigenvalue weighted by molar-refractivity contribution is 0.288. The molecule has 0 saturated carbocycles. The molecule has 1 aromatic carbocycles. The van der Waals surface area contributed by atoms with Crippen molar-refractivity contribution >= 4 is 21.8 Å². The summed E-state index contributed by atoms with van der Waals surface area (Å²) in [6, 6.07) is 6.96. The van der Waals surface area contributed by atoms with E-state index >= 15 is 0 Å². The highest BCUT2D eigenvalue weighted by molar-refractivity contribution is 7.99. The van der Waals surface area contributed by atoms with E-state index in [9.17, 15) is 8.42 Å². The molecule has 2 N–H and O–H groups in total. The van der Waals surface area contributed by atoms with Crippen molar-refractivity contribution in [3.05, 3.63) is 29.8 Å². The SMILES string of the molecule is O=S(=O)(NC1CCSC1)c1ccc(CCCO)cc1. The Bertz CT molecular complexity index is 493. The number of hydrogen-bond donors (Lipinski definition) is 2. The third-order valence-electron chi connectivity index (χ3n) is 3.11. The van der Waals surface area contributed by atoms with E-state index in [1.54, 1.807) is 23.9 Å². The maximum Gasteiger partial charge on any atom is 0.240 e. The van der Waals surface area contributed by atoms with E-state index in [0.717, 1.165) is 29.9 Å². The van der Waals surface area contributed by atoms with Gasteiger partial charge in [0, 0.05) is 18.4 Å². The third kappa shape index (κ3) is 4.21. The Hall–Kier alpha value is -0.560. The Morgan fingerprint density at radius 1 is 1.32 bits per heavy atom. The molecule has 1 aromatic rings. The topological polar surface area (TPSA) is 66.4 Å². The monoisotopic (exact) mass is 301 g/mol. The predicted octanol–water partition coefficient (Wildman–Crippen LogP) is 1.40. The summed E-state index contributed by atoms with van der Waals surface area (Å²) >= 11 is 1.78. The van der Waals surface area contributed by atoms with Crippen LogP contribution in [0.1, 0.15) is 18.4 Å². The van der Waals surface area contributed by atoms with Crippen LogP contribution < -0.4 is 4.72 Å². The molecule has 6 heteroatoms. The fourth-order valence-electron chi connectivity index (χ4n) is 2.03. The summed E-state index contributed by atoms with van der Waals surface area (Å²) in [5.74, 6) is 1.88. The quantitative estimate of drug-likeness (QED) is 0.833. The van der Waals surface area contributed by atoms with E-state index < -0.39 is 10.0 Å². The van der Waals surface area contributed by atoms with Crippen molar-refractivity contribution in [2.24, 2.45) is 0 Å². The molecule has 0 amide bonds. The van der Waals surface area contributed by atoms with Crippen molar-refractivity contribution in [3.63, 3.8) is 0 Å². The van der Waals surface area contributed by atoms with Crippen LogP contribution in [0.3, 0.4) is 0 Å². The first-order chi connectivity index (χ1) is 9.12. The number of benzene rings is 1. The average molecular weight is 301 g/mol. The lowest BCUT2D eigenvalue weighted by Crippen LogP contribution is -2.34. The van der Waals surface area contributed by atoms with E-state index in [-0.39, 0.29) is 12.6 Å². The van der Waals surface area contributed by atoms with Crippen molar-refractivity contribution < 1.29 is 13.5 Å². The standard InChI is InChI=1S/C13H19NO3S2/c15-8-1-2-11-3-5-13(6-4-11)19(16,17)14-12-7-9-18-10-12/h3-6,12,14-15H,1-2,7-10H2. The van der Waals surface area contributed by atoms with E-state index in [0.29, 0.717) is 11.3 Å². The van der Waals surface area contributed by atoms with Gasteiger partial charge in [0.1, 0.15) is 0 Å². The Morgan fingerprint density at radius 3 is 2.63 bits per heavy atom. The molecule has 1 unspecified atom stereocenters. The van der Waals surface area contributed by atoms with Crippen LogP contribution in [0, 0.1) is 0 Å². The second-order valence-electron chi connectivity index (χ2n) is 4.65. The van der Waals surface area contributed by atoms with Gasteiger partial charge >= 0.3 is 0 Å². The van der Waals surface area contributed by atoms with Crippen molar-refractivity contribution in [1.82, 2.24) is 4.72 Å². The molecule has 1 atom stereocenters. The summed E-state index contributed by atoms with van der Waals surface area (Å²) in [5.41, 5.74) is 1.05. The molecular formula is C13H19NO3S2. The minimum Gasteiger partial charge on any atom is -0.396 e. The second kappa shape index (κ2) is 6.74. The molecule has 0 bridgehead atoms. The first-order valence-electron chi connectivity index (χ1n) is 6.42. The number of aliphatic hydroxyl groups excluding tert-OH is 1. The van der Waals surface area contributed by atoms with Crippen molar-refractivity contribution in [3.8, 4) is 0 Å². The molecule has 2 rings (SSSR count). The fourth-order valence-corrected chi connectivity index (χ4v) is 4.56. The molecule has 19 heavy (non-hydrogen) atoms. The number of sulfonamides is 1. The third-order valence-corrected chi connectivity index (χ3v) is 5.81. The van der Waals surface area contributed by atoms with E-state index in [4.69, 9.17) is 5.11 Å². The second-order valence-corrected chi connectivity index (χ2v) is 7.52. The summed E-state index contributed by atoms with van der Waals surface area (Å²) in [6.07, 6.45) is 2.37. The fraction of sp³-hybridized carbons (Fsp3) is 0.538. The number of thioether (sulfide) groups is 1. The average Bonchev–Trinajstić information content (AvgIpc) is 2.89.